The van der Waals surface area contributed by atoms with Crippen molar-refractivity contribution in [2.24, 2.45) is 10.3 Å². The van der Waals surface area contributed by atoms with E-state index in [1.54, 1.807) is 24.3 Å². The second kappa shape index (κ2) is 15.8. The number of amides is 4. The first-order valence-corrected chi connectivity index (χ1v) is 15.2. The van der Waals surface area contributed by atoms with Gasteiger partial charge in [-0.25, -0.2) is 0 Å². The summed E-state index contributed by atoms with van der Waals surface area (Å²) in [6.07, 6.45) is -0.485. The van der Waals surface area contributed by atoms with Crippen molar-refractivity contribution in [1.82, 2.24) is 0 Å². The standard InChI is InChI=1S/2C18H17N3O3/c2*1-12(22)19-15-9-7-13(8-10-15)16-11-17(24-21-16)18(23)20-14-5-3-2-4-6-14/h2*2-10,17H,11H2,1H3,(H,19,22)(H,20,23)/t2*17-/m11/s1. The third kappa shape index (κ3) is 9.36. The normalized spacial score (nSPS) is 16.0. The summed E-state index contributed by atoms with van der Waals surface area (Å²) in [4.78, 5) is 57.0. The lowest BCUT2D eigenvalue weighted by Crippen LogP contribution is -2.28. The Bertz CT molecular complexity index is 1670. The molecule has 2 heterocycles. The van der Waals surface area contributed by atoms with Gasteiger partial charge in [0.05, 0.1) is 11.4 Å². The molecule has 12 nitrogen and oxygen atoms in total. The van der Waals surface area contributed by atoms with Crippen LogP contribution in [0, 0.1) is 0 Å². The first-order chi connectivity index (χ1) is 23.2. The Hall–Kier alpha value is -6.30. The fourth-order valence-corrected chi connectivity index (χ4v) is 4.76. The summed E-state index contributed by atoms with van der Waals surface area (Å²) in [5.74, 6) is -0.700. The second-order valence-electron chi connectivity index (χ2n) is 10.9. The van der Waals surface area contributed by atoms with Crippen LogP contribution in [0.15, 0.2) is 120 Å². The fourth-order valence-electron chi connectivity index (χ4n) is 4.76. The average Bonchev–Trinajstić information content (AvgIpc) is 3.78. The summed E-state index contributed by atoms with van der Waals surface area (Å²) < 4.78 is 0. The summed E-state index contributed by atoms with van der Waals surface area (Å²) >= 11 is 0. The molecular formula is C36H34N6O6. The van der Waals surface area contributed by atoms with Crippen LogP contribution in [0.3, 0.4) is 0 Å². The Morgan fingerprint density at radius 3 is 1.17 bits per heavy atom. The first kappa shape index (κ1) is 33.1. The van der Waals surface area contributed by atoms with Crippen LogP contribution in [0.2, 0.25) is 0 Å². The lowest BCUT2D eigenvalue weighted by molar-refractivity contribution is -0.126. The van der Waals surface area contributed by atoms with Gasteiger partial charge in [-0.2, -0.15) is 0 Å². The molecule has 0 saturated heterocycles. The second-order valence-corrected chi connectivity index (χ2v) is 10.9. The van der Waals surface area contributed by atoms with E-state index in [2.05, 4.69) is 31.6 Å². The van der Waals surface area contributed by atoms with Gasteiger partial charge in [-0.05, 0) is 59.7 Å². The molecule has 2 aliphatic heterocycles. The Labute approximate surface area is 277 Å². The molecule has 0 aliphatic carbocycles. The zero-order valence-corrected chi connectivity index (χ0v) is 26.3. The van der Waals surface area contributed by atoms with Gasteiger partial charge < -0.3 is 30.9 Å². The van der Waals surface area contributed by atoms with Crippen molar-refractivity contribution in [2.45, 2.75) is 38.9 Å². The Balaban J connectivity index is 0.000000188. The van der Waals surface area contributed by atoms with Crippen LogP contribution in [0.5, 0.6) is 0 Å². The maximum absolute atomic E-state index is 12.2. The summed E-state index contributed by atoms with van der Waals surface area (Å²) in [6, 6.07) is 32.9. The minimum Gasteiger partial charge on any atom is -0.382 e. The van der Waals surface area contributed by atoms with Gasteiger partial charge in [0, 0.05) is 49.4 Å². The number of oxime groups is 2. The van der Waals surface area contributed by atoms with E-state index in [1.165, 1.54) is 13.8 Å². The molecule has 0 fully saturated rings. The van der Waals surface area contributed by atoms with Crippen LogP contribution in [0.1, 0.15) is 37.8 Å². The molecule has 12 heteroatoms. The van der Waals surface area contributed by atoms with Crippen molar-refractivity contribution in [2.75, 3.05) is 21.3 Å². The minimum absolute atomic E-state index is 0.123. The number of anilines is 4. The third-order valence-electron chi connectivity index (χ3n) is 7.08. The first-order valence-electron chi connectivity index (χ1n) is 15.2. The molecule has 2 aliphatic rings. The summed E-state index contributed by atoms with van der Waals surface area (Å²) in [5, 5.41) is 19.0. The van der Waals surface area contributed by atoms with Crippen LogP contribution in [-0.4, -0.2) is 47.3 Å². The van der Waals surface area contributed by atoms with Crippen molar-refractivity contribution in [3.8, 4) is 0 Å². The third-order valence-corrected chi connectivity index (χ3v) is 7.08. The van der Waals surface area contributed by atoms with Gasteiger partial charge in [-0.1, -0.05) is 71.0 Å². The molecule has 0 radical (unpaired) electrons. The predicted octanol–water partition coefficient (Wildman–Crippen LogP) is 5.55. The van der Waals surface area contributed by atoms with E-state index < -0.39 is 12.2 Å². The summed E-state index contributed by atoms with van der Waals surface area (Å²) in [6.45, 7) is 2.91. The molecular weight excluding hydrogens is 612 g/mol. The molecule has 4 aromatic carbocycles. The molecule has 2 atom stereocenters. The fraction of sp³-hybridized carbons (Fsp3) is 0.167. The molecule has 0 spiro atoms. The monoisotopic (exact) mass is 646 g/mol. The van der Waals surface area contributed by atoms with Crippen LogP contribution >= 0.6 is 0 Å². The molecule has 4 amide bonds. The van der Waals surface area contributed by atoms with Gasteiger partial charge >= 0.3 is 0 Å². The smallest absolute Gasteiger partial charge is 0.268 e. The van der Waals surface area contributed by atoms with E-state index in [-0.39, 0.29) is 23.6 Å². The number of carbonyl (C=O) groups is 4. The molecule has 244 valence electrons. The zero-order valence-electron chi connectivity index (χ0n) is 26.3. The van der Waals surface area contributed by atoms with E-state index >= 15 is 0 Å². The number of rotatable bonds is 8. The highest BCUT2D eigenvalue weighted by Gasteiger charge is 2.30. The van der Waals surface area contributed by atoms with Crippen molar-refractivity contribution in [3.05, 3.63) is 120 Å². The molecule has 4 aromatic rings. The van der Waals surface area contributed by atoms with Crippen LogP contribution in [0.25, 0.3) is 0 Å². The van der Waals surface area contributed by atoms with Crippen molar-refractivity contribution < 1.29 is 28.9 Å². The SMILES string of the molecule is CC(=O)Nc1ccc(C2=NO[C@@H](C(=O)Nc3ccccc3)C2)cc1.CC(=O)Nc1ccc(C2=NO[C@@H](C(=O)Nc3ccccc3)C2)cc1. The molecule has 48 heavy (non-hydrogen) atoms. The molecule has 0 bridgehead atoms. The number of carbonyl (C=O) groups excluding carboxylic acids is 4. The largest absolute Gasteiger partial charge is 0.382 e. The molecule has 6 rings (SSSR count). The van der Waals surface area contributed by atoms with E-state index in [0.717, 1.165) is 22.5 Å². The maximum atomic E-state index is 12.2. The van der Waals surface area contributed by atoms with Gasteiger partial charge in [-0.3, -0.25) is 19.2 Å². The predicted molar refractivity (Wildman–Crippen MR) is 184 cm³/mol. The van der Waals surface area contributed by atoms with Gasteiger partial charge in [0.2, 0.25) is 24.0 Å². The van der Waals surface area contributed by atoms with Gasteiger partial charge in [-0.15, -0.1) is 0 Å². The van der Waals surface area contributed by atoms with Gasteiger partial charge in [0.1, 0.15) is 0 Å². The summed E-state index contributed by atoms with van der Waals surface area (Å²) in [5.41, 5.74) is 6.00. The number of para-hydroxylation sites is 2. The Morgan fingerprint density at radius 1 is 0.500 bits per heavy atom. The molecule has 0 saturated carbocycles. The molecule has 0 aromatic heterocycles. The zero-order chi connectivity index (χ0) is 33.9. The van der Waals surface area contributed by atoms with Crippen molar-refractivity contribution in [3.63, 3.8) is 0 Å². The van der Waals surface area contributed by atoms with Gasteiger partial charge in [0.15, 0.2) is 0 Å². The number of hydrogen-bond donors (Lipinski definition) is 4. The maximum Gasteiger partial charge on any atom is 0.268 e. The lowest BCUT2D eigenvalue weighted by atomic mass is 10.0. The summed E-state index contributed by atoms with van der Waals surface area (Å²) in [7, 11) is 0. The van der Waals surface area contributed by atoms with E-state index in [0.29, 0.717) is 35.6 Å². The lowest BCUT2D eigenvalue weighted by Gasteiger charge is -2.09. The highest BCUT2D eigenvalue weighted by molar-refractivity contribution is 6.07. The molecule has 0 unspecified atom stereocenters. The molecule has 4 N–H and O–H groups in total. The topological polar surface area (TPSA) is 160 Å². The van der Waals surface area contributed by atoms with Crippen molar-refractivity contribution >= 4 is 57.8 Å². The Morgan fingerprint density at radius 2 is 0.833 bits per heavy atom. The number of nitrogens with zero attached hydrogens (tertiary/aromatic N) is 2. The quantitative estimate of drug-likeness (QED) is 0.196. The number of hydrogen-bond acceptors (Lipinski definition) is 8. The van der Waals surface area contributed by atoms with Crippen molar-refractivity contribution in [1.29, 1.82) is 0 Å². The van der Waals surface area contributed by atoms with Crippen LogP contribution in [0.4, 0.5) is 22.7 Å². The van der Waals surface area contributed by atoms with Crippen LogP contribution in [-0.2, 0) is 28.9 Å². The number of nitrogens with one attached hydrogen (secondary N) is 4. The number of benzene rings is 4. The highest BCUT2D eigenvalue weighted by atomic mass is 16.7. The van der Waals surface area contributed by atoms with E-state index in [9.17, 15) is 19.2 Å². The average molecular weight is 647 g/mol. The van der Waals surface area contributed by atoms with E-state index in [1.807, 2.05) is 84.9 Å². The highest BCUT2D eigenvalue weighted by Crippen LogP contribution is 2.21. The van der Waals surface area contributed by atoms with E-state index in [4.69, 9.17) is 9.68 Å². The minimum atomic E-state index is -0.643. The van der Waals surface area contributed by atoms with Crippen LogP contribution < -0.4 is 21.3 Å². The Kier molecular flexibility index (Phi) is 10.9. The van der Waals surface area contributed by atoms with Gasteiger partial charge in [0.25, 0.3) is 11.8 Å².